The van der Waals surface area contributed by atoms with Crippen molar-refractivity contribution in [2.45, 2.75) is 6.18 Å². The van der Waals surface area contributed by atoms with Crippen molar-refractivity contribution in [3.63, 3.8) is 0 Å². The molecule has 0 aromatic carbocycles. The van der Waals surface area contributed by atoms with Crippen LogP contribution in [0.25, 0.3) is 0 Å². The molecule has 70 valence electrons. The lowest BCUT2D eigenvalue weighted by atomic mass is 10.6. The summed E-state index contributed by atoms with van der Waals surface area (Å²) in [5, 5.41) is 4.47. The van der Waals surface area contributed by atoms with E-state index in [0.29, 0.717) is 4.57 Å². The minimum Gasteiger partial charge on any atom is -0.275 e. The summed E-state index contributed by atoms with van der Waals surface area (Å²) in [4.78, 5) is 10.4. The number of nitrogens with one attached hydrogen (secondary N) is 1. The largest absolute Gasteiger partial charge is 0.451 e. The lowest BCUT2D eigenvalue weighted by molar-refractivity contribution is -0.147. The maximum absolute atomic E-state index is 11.8. The molecule has 1 rings (SSSR count). The molecule has 0 fully saturated rings. The van der Waals surface area contributed by atoms with Gasteiger partial charge in [0.1, 0.15) is 0 Å². The molecule has 12 heavy (non-hydrogen) atoms. The standard InChI is InChI=1S/C4H4F3N3O.HI/c1-10-2(4(5,6)7)8-9-3(10)11;/h1H3,(H,9,11);1H. The molecule has 1 N–H and O–H groups in total. The van der Waals surface area contributed by atoms with Gasteiger partial charge in [0.05, 0.1) is 0 Å². The third-order valence-corrected chi connectivity index (χ3v) is 1.13. The number of nitrogens with zero attached hydrogens (tertiary/aromatic N) is 2. The van der Waals surface area contributed by atoms with Crippen molar-refractivity contribution < 1.29 is 13.2 Å². The van der Waals surface area contributed by atoms with Gasteiger partial charge in [-0.15, -0.1) is 29.1 Å². The quantitative estimate of drug-likeness (QED) is 0.718. The predicted octanol–water partition coefficient (Wildman–Crippen LogP) is 0.745. The molecule has 1 aromatic rings. The average Bonchev–Trinajstić information content (AvgIpc) is 2.11. The molecule has 0 aliphatic heterocycles. The maximum atomic E-state index is 11.8. The van der Waals surface area contributed by atoms with Gasteiger partial charge in [0, 0.05) is 7.05 Å². The smallest absolute Gasteiger partial charge is 0.275 e. The van der Waals surface area contributed by atoms with Gasteiger partial charge in [0.25, 0.3) is 0 Å². The molecule has 0 amide bonds. The van der Waals surface area contributed by atoms with Crippen molar-refractivity contribution in [3.8, 4) is 0 Å². The first-order valence-corrected chi connectivity index (χ1v) is 2.61. The molecule has 0 atom stereocenters. The molecule has 1 heterocycles. The van der Waals surface area contributed by atoms with Crippen LogP contribution in [0.3, 0.4) is 0 Å². The van der Waals surface area contributed by atoms with Crippen molar-refractivity contribution in [3.05, 3.63) is 16.3 Å². The number of hydrogen-bond acceptors (Lipinski definition) is 2. The number of aromatic amines is 1. The van der Waals surface area contributed by atoms with Crippen molar-refractivity contribution in [2.75, 3.05) is 0 Å². The van der Waals surface area contributed by atoms with Gasteiger partial charge in [0.2, 0.25) is 5.82 Å². The fourth-order valence-electron chi connectivity index (χ4n) is 0.601. The second kappa shape index (κ2) is 3.46. The van der Waals surface area contributed by atoms with Gasteiger partial charge in [-0.1, -0.05) is 0 Å². The van der Waals surface area contributed by atoms with Gasteiger partial charge >= 0.3 is 11.9 Å². The Balaban J connectivity index is 0.00000121. The molecule has 0 aliphatic rings. The van der Waals surface area contributed by atoms with E-state index in [2.05, 4.69) is 5.10 Å². The molecule has 1 aromatic heterocycles. The predicted molar refractivity (Wildman–Crippen MR) is 44.2 cm³/mol. The highest BCUT2D eigenvalue weighted by molar-refractivity contribution is 14.0. The average molecular weight is 295 g/mol. The van der Waals surface area contributed by atoms with Crippen molar-refractivity contribution in [1.29, 1.82) is 0 Å². The fraction of sp³-hybridized carbons (Fsp3) is 0.500. The summed E-state index contributed by atoms with van der Waals surface area (Å²) >= 11 is 0. The molecular weight excluding hydrogens is 290 g/mol. The summed E-state index contributed by atoms with van der Waals surface area (Å²) in [6, 6.07) is 0. The lowest BCUT2D eigenvalue weighted by Crippen LogP contribution is -2.19. The molecule has 0 saturated heterocycles. The fourth-order valence-corrected chi connectivity index (χ4v) is 0.601. The van der Waals surface area contributed by atoms with Crippen LogP contribution in [0.1, 0.15) is 5.82 Å². The van der Waals surface area contributed by atoms with E-state index in [0.717, 1.165) is 7.05 Å². The second-order valence-electron chi connectivity index (χ2n) is 1.91. The van der Waals surface area contributed by atoms with Crippen molar-refractivity contribution >= 4 is 24.0 Å². The van der Waals surface area contributed by atoms with E-state index in [1.165, 1.54) is 0 Å². The Hall–Kier alpha value is -0.540. The Morgan fingerprint density at radius 1 is 1.50 bits per heavy atom. The van der Waals surface area contributed by atoms with Crippen LogP contribution in [0.15, 0.2) is 4.79 Å². The monoisotopic (exact) mass is 295 g/mol. The minimum atomic E-state index is -4.58. The van der Waals surface area contributed by atoms with E-state index in [9.17, 15) is 18.0 Å². The van der Waals surface area contributed by atoms with Crippen molar-refractivity contribution in [2.24, 2.45) is 7.05 Å². The molecule has 0 spiro atoms. The molecule has 8 heteroatoms. The lowest BCUT2D eigenvalue weighted by Gasteiger charge is -2.02. The van der Waals surface area contributed by atoms with Crippen LogP contribution in [-0.2, 0) is 13.2 Å². The van der Waals surface area contributed by atoms with Crippen LogP contribution in [-0.4, -0.2) is 14.8 Å². The molecular formula is C4H5F3IN3O. The maximum Gasteiger partial charge on any atom is 0.451 e. The van der Waals surface area contributed by atoms with Crippen LogP contribution in [0.2, 0.25) is 0 Å². The summed E-state index contributed by atoms with van der Waals surface area (Å²) in [5.41, 5.74) is -0.877. The first kappa shape index (κ1) is 11.5. The van der Waals surface area contributed by atoms with Gasteiger partial charge < -0.3 is 0 Å². The molecule has 4 nitrogen and oxygen atoms in total. The van der Waals surface area contributed by atoms with E-state index in [4.69, 9.17) is 0 Å². The number of hydrogen-bond donors (Lipinski definition) is 1. The van der Waals surface area contributed by atoms with Gasteiger partial charge in [-0.3, -0.25) is 4.57 Å². The minimum absolute atomic E-state index is 0. The molecule has 0 unspecified atom stereocenters. The zero-order valence-electron chi connectivity index (χ0n) is 5.84. The van der Waals surface area contributed by atoms with Crippen molar-refractivity contribution in [1.82, 2.24) is 14.8 Å². The zero-order chi connectivity index (χ0) is 8.65. The van der Waals surface area contributed by atoms with E-state index in [1.807, 2.05) is 0 Å². The number of rotatable bonds is 0. The number of halogens is 4. The van der Waals surface area contributed by atoms with E-state index >= 15 is 0 Å². The second-order valence-corrected chi connectivity index (χ2v) is 1.91. The van der Waals surface area contributed by atoms with Crippen LogP contribution < -0.4 is 5.69 Å². The number of alkyl halides is 3. The highest BCUT2D eigenvalue weighted by Gasteiger charge is 2.36. The van der Waals surface area contributed by atoms with Crippen LogP contribution >= 0.6 is 24.0 Å². The molecule has 0 radical (unpaired) electrons. The van der Waals surface area contributed by atoms with E-state index in [-0.39, 0.29) is 24.0 Å². The topological polar surface area (TPSA) is 50.7 Å². The van der Waals surface area contributed by atoms with Crippen LogP contribution in [0.5, 0.6) is 0 Å². The highest BCUT2D eigenvalue weighted by atomic mass is 127. The van der Waals surface area contributed by atoms with Gasteiger partial charge in [0.15, 0.2) is 0 Å². The first-order chi connectivity index (χ1) is 4.93. The number of aromatic nitrogens is 3. The Morgan fingerprint density at radius 3 is 2.17 bits per heavy atom. The SMILES string of the molecule is Cn1c(C(F)(F)F)n[nH]c1=O.I. The Labute approximate surface area is 81.8 Å². The van der Waals surface area contributed by atoms with E-state index in [1.54, 1.807) is 5.10 Å². The zero-order valence-corrected chi connectivity index (χ0v) is 8.18. The third-order valence-electron chi connectivity index (χ3n) is 1.13. The third kappa shape index (κ3) is 1.99. The summed E-state index contributed by atoms with van der Waals surface area (Å²) in [7, 11) is 0.995. The van der Waals surface area contributed by atoms with Gasteiger partial charge in [-0.25, -0.2) is 9.89 Å². The first-order valence-electron chi connectivity index (χ1n) is 2.61. The summed E-state index contributed by atoms with van der Waals surface area (Å²) in [6.07, 6.45) is -4.58. The number of H-pyrrole nitrogens is 1. The van der Waals surface area contributed by atoms with Crippen LogP contribution in [0, 0.1) is 0 Å². The Kier molecular flexibility index (Phi) is 3.30. The summed E-state index contributed by atoms with van der Waals surface area (Å²) < 4.78 is 35.9. The normalized spacial score (nSPS) is 11.0. The van der Waals surface area contributed by atoms with E-state index < -0.39 is 17.7 Å². The summed E-state index contributed by atoms with van der Waals surface area (Å²) in [6.45, 7) is 0. The molecule has 0 aliphatic carbocycles. The Morgan fingerprint density at radius 2 is 2.00 bits per heavy atom. The van der Waals surface area contributed by atoms with Gasteiger partial charge in [-0.2, -0.15) is 13.2 Å². The highest BCUT2D eigenvalue weighted by Crippen LogP contribution is 2.25. The summed E-state index contributed by atoms with van der Waals surface area (Å²) in [5.74, 6) is -1.22. The molecule has 0 bridgehead atoms. The van der Waals surface area contributed by atoms with Crippen LogP contribution in [0.4, 0.5) is 13.2 Å². The van der Waals surface area contributed by atoms with Gasteiger partial charge in [-0.05, 0) is 0 Å². The Bertz CT molecular complexity index is 314. The molecule has 0 saturated carbocycles.